The van der Waals surface area contributed by atoms with Gasteiger partial charge in [-0.25, -0.2) is 4.39 Å². The van der Waals surface area contributed by atoms with Crippen LogP contribution >= 0.6 is 0 Å². The summed E-state index contributed by atoms with van der Waals surface area (Å²) in [5.74, 6) is 2.02. The predicted octanol–water partition coefficient (Wildman–Crippen LogP) is 3.85. The number of aromatic nitrogens is 2. The van der Waals surface area contributed by atoms with Gasteiger partial charge >= 0.3 is 0 Å². The van der Waals surface area contributed by atoms with Crippen LogP contribution in [0.1, 0.15) is 37.2 Å². The molecule has 3 aromatic rings. The number of hydrogen-bond acceptors (Lipinski definition) is 6. The summed E-state index contributed by atoms with van der Waals surface area (Å²) in [6, 6.07) is 12.4. The summed E-state index contributed by atoms with van der Waals surface area (Å²) in [6.45, 7) is 4.93. The molecule has 7 nitrogen and oxygen atoms in total. The molecule has 0 aliphatic carbocycles. The number of nitrogens with one attached hydrogen (secondary N) is 3. The Kier molecular flexibility index (Phi) is 6.48. The van der Waals surface area contributed by atoms with E-state index in [-0.39, 0.29) is 6.10 Å². The molecular formula is C27H34FN5O2. The normalized spacial score (nSPS) is 25.1. The van der Waals surface area contributed by atoms with Crippen molar-refractivity contribution in [3.63, 3.8) is 0 Å². The van der Waals surface area contributed by atoms with Gasteiger partial charge < -0.3 is 25.4 Å². The van der Waals surface area contributed by atoms with Crippen LogP contribution in [0.2, 0.25) is 0 Å². The van der Waals surface area contributed by atoms with Crippen molar-refractivity contribution in [2.75, 3.05) is 38.0 Å². The Hall–Kier alpha value is -2.84. The number of alkyl halides is 1. The molecule has 1 aromatic heterocycles. The van der Waals surface area contributed by atoms with E-state index >= 15 is 0 Å². The van der Waals surface area contributed by atoms with Crippen molar-refractivity contribution < 1.29 is 13.9 Å². The van der Waals surface area contributed by atoms with Crippen LogP contribution in [-0.4, -0.2) is 60.9 Å². The zero-order valence-electron chi connectivity index (χ0n) is 20.0. The SMILES string of the molecule is F[C@@H]1CNCC[C@@H]1Oc1ccc2c(cnn2CC2CCNc3ccc(OC4CCNCC4)cc32)c1. The summed E-state index contributed by atoms with van der Waals surface area (Å²) in [5, 5.41) is 15.7. The molecule has 0 spiro atoms. The maximum atomic E-state index is 14.2. The minimum Gasteiger partial charge on any atom is -0.490 e. The maximum absolute atomic E-state index is 14.2. The van der Waals surface area contributed by atoms with Crippen LogP contribution in [-0.2, 0) is 6.54 Å². The first-order valence-electron chi connectivity index (χ1n) is 12.9. The second kappa shape index (κ2) is 10.0. The van der Waals surface area contributed by atoms with Gasteiger partial charge in [0, 0.05) is 36.6 Å². The average Bonchev–Trinajstić information content (AvgIpc) is 3.28. The minimum atomic E-state index is -0.981. The lowest BCUT2D eigenvalue weighted by atomic mass is 9.90. The lowest BCUT2D eigenvalue weighted by Crippen LogP contribution is -2.44. The molecule has 186 valence electrons. The first-order chi connectivity index (χ1) is 17.2. The van der Waals surface area contributed by atoms with Crippen LogP contribution < -0.4 is 25.4 Å². The van der Waals surface area contributed by atoms with Gasteiger partial charge in [0.1, 0.15) is 29.9 Å². The quantitative estimate of drug-likeness (QED) is 0.499. The fraction of sp³-hybridized carbons (Fsp3) is 0.519. The van der Waals surface area contributed by atoms with Gasteiger partial charge in [0.15, 0.2) is 0 Å². The van der Waals surface area contributed by atoms with Gasteiger partial charge in [-0.3, -0.25) is 4.68 Å². The molecule has 8 heteroatoms. The van der Waals surface area contributed by atoms with Gasteiger partial charge in [-0.1, -0.05) is 0 Å². The third kappa shape index (κ3) is 4.95. The summed E-state index contributed by atoms with van der Waals surface area (Å²) >= 11 is 0. The highest BCUT2D eigenvalue weighted by Gasteiger charge is 2.27. The number of piperidine rings is 2. The molecule has 2 aromatic carbocycles. The van der Waals surface area contributed by atoms with Gasteiger partial charge in [0.05, 0.1) is 11.7 Å². The van der Waals surface area contributed by atoms with E-state index in [0.29, 0.717) is 24.6 Å². The van der Waals surface area contributed by atoms with Gasteiger partial charge in [-0.2, -0.15) is 5.10 Å². The number of rotatable bonds is 6. The summed E-state index contributed by atoms with van der Waals surface area (Å²) in [6.07, 6.45) is 4.61. The van der Waals surface area contributed by atoms with E-state index in [4.69, 9.17) is 14.6 Å². The fourth-order valence-corrected chi connectivity index (χ4v) is 5.54. The van der Waals surface area contributed by atoms with E-state index in [0.717, 1.165) is 68.6 Å². The van der Waals surface area contributed by atoms with Crippen molar-refractivity contribution in [3.05, 3.63) is 48.2 Å². The molecule has 3 atom stereocenters. The third-order valence-electron chi connectivity index (χ3n) is 7.50. The van der Waals surface area contributed by atoms with Crippen molar-refractivity contribution in [1.82, 2.24) is 20.4 Å². The van der Waals surface area contributed by atoms with E-state index in [1.165, 1.54) is 11.3 Å². The maximum Gasteiger partial charge on any atom is 0.149 e. The number of anilines is 1. The summed E-state index contributed by atoms with van der Waals surface area (Å²) in [4.78, 5) is 0. The van der Waals surface area contributed by atoms with E-state index in [1.807, 2.05) is 24.4 Å². The zero-order valence-corrected chi connectivity index (χ0v) is 20.0. The van der Waals surface area contributed by atoms with E-state index in [2.05, 4.69) is 38.8 Å². The molecule has 1 unspecified atom stereocenters. The van der Waals surface area contributed by atoms with Gasteiger partial charge in [-0.05, 0) is 87.3 Å². The van der Waals surface area contributed by atoms with Crippen LogP contribution in [0.3, 0.4) is 0 Å². The molecule has 3 aliphatic rings. The first kappa shape index (κ1) is 22.6. The van der Waals surface area contributed by atoms with E-state index in [1.54, 1.807) is 0 Å². The van der Waals surface area contributed by atoms with Gasteiger partial charge in [-0.15, -0.1) is 0 Å². The molecule has 0 saturated carbocycles. The predicted molar refractivity (Wildman–Crippen MR) is 135 cm³/mol. The lowest BCUT2D eigenvalue weighted by Gasteiger charge is -2.29. The Morgan fingerprint density at radius 3 is 2.63 bits per heavy atom. The highest BCUT2D eigenvalue weighted by molar-refractivity contribution is 5.80. The molecule has 6 rings (SSSR count). The van der Waals surface area contributed by atoms with Gasteiger partial charge in [0.2, 0.25) is 0 Å². The molecule has 2 saturated heterocycles. The number of fused-ring (bicyclic) bond motifs is 2. The summed E-state index contributed by atoms with van der Waals surface area (Å²) in [5.41, 5.74) is 3.56. The van der Waals surface area contributed by atoms with E-state index < -0.39 is 12.3 Å². The second-order valence-electron chi connectivity index (χ2n) is 9.94. The zero-order chi connectivity index (χ0) is 23.6. The molecule has 3 N–H and O–H groups in total. The number of halogens is 1. The smallest absolute Gasteiger partial charge is 0.149 e. The van der Waals surface area contributed by atoms with Crippen molar-refractivity contribution in [2.45, 2.75) is 56.5 Å². The van der Waals surface area contributed by atoms with Crippen LogP contribution in [0.25, 0.3) is 10.9 Å². The van der Waals surface area contributed by atoms with Crippen LogP contribution in [0, 0.1) is 0 Å². The van der Waals surface area contributed by atoms with Crippen molar-refractivity contribution in [1.29, 1.82) is 0 Å². The Bertz CT molecular complexity index is 1160. The molecule has 0 bridgehead atoms. The third-order valence-corrected chi connectivity index (χ3v) is 7.50. The number of nitrogens with zero attached hydrogens (tertiary/aromatic N) is 2. The first-order valence-corrected chi connectivity index (χ1v) is 12.9. The van der Waals surface area contributed by atoms with Crippen molar-refractivity contribution in [2.24, 2.45) is 0 Å². The Morgan fingerprint density at radius 2 is 1.74 bits per heavy atom. The Balaban J connectivity index is 1.18. The Labute approximate surface area is 205 Å². The topological polar surface area (TPSA) is 72.4 Å². The largest absolute Gasteiger partial charge is 0.490 e. The highest BCUT2D eigenvalue weighted by Crippen LogP contribution is 2.36. The van der Waals surface area contributed by atoms with Crippen molar-refractivity contribution in [3.8, 4) is 11.5 Å². The molecule has 4 heterocycles. The second-order valence-corrected chi connectivity index (χ2v) is 9.94. The lowest BCUT2D eigenvalue weighted by molar-refractivity contribution is 0.0733. The number of benzene rings is 2. The molecule has 3 aliphatic heterocycles. The molecule has 35 heavy (non-hydrogen) atoms. The monoisotopic (exact) mass is 479 g/mol. The standard InChI is InChI=1S/C27H34FN5O2/c28-24-16-30-11-8-27(24)35-21-2-4-26-19(13-21)15-32-33(26)17-18-5-12-31-25-3-1-22(14-23(18)25)34-20-6-9-29-10-7-20/h1-4,13-15,18,20,24,27,29-31H,5-12,16-17H2/t18?,24-,27+/m1/s1. The average molecular weight is 480 g/mol. The van der Waals surface area contributed by atoms with Crippen molar-refractivity contribution >= 4 is 16.6 Å². The minimum absolute atomic E-state index is 0.285. The van der Waals surface area contributed by atoms with Crippen LogP contribution in [0.5, 0.6) is 11.5 Å². The van der Waals surface area contributed by atoms with Gasteiger partial charge in [0.25, 0.3) is 0 Å². The molecule has 0 radical (unpaired) electrons. The highest BCUT2D eigenvalue weighted by atomic mass is 19.1. The summed E-state index contributed by atoms with van der Waals surface area (Å²) < 4.78 is 28.6. The summed E-state index contributed by atoms with van der Waals surface area (Å²) in [7, 11) is 0. The molecule has 2 fully saturated rings. The number of hydrogen-bond donors (Lipinski definition) is 3. The van der Waals surface area contributed by atoms with E-state index in [9.17, 15) is 4.39 Å². The fourth-order valence-electron chi connectivity index (χ4n) is 5.54. The molecular weight excluding hydrogens is 445 g/mol. The van der Waals surface area contributed by atoms with Crippen LogP contribution in [0.4, 0.5) is 10.1 Å². The molecule has 0 amide bonds. The number of ether oxygens (including phenoxy) is 2. The Morgan fingerprint density at radius 1 is 0.914 bits per heavy atom. The van der Waals surface area contributed by atoms with Crippen LogP contribution in [0.15, 0.2) is 42.6 Å².